The molecule has 0 aliphatic carbocycles. The van der Waals surface area contributed by atoms with Gasteiger partial charge in [-0.1, -0.05) is 32.9 Å². The second-order valence-electron chi connectivity index (χ2n) is 5.44. The van der Waals surface area contributed by atoms with Crippen LogP contribution in [0.2, 0.25) is 0 Å². The third kappa shape index (κ3) is 3.78. The molecule has 2 unspecified atom stereocenters. The van der Waals surface area contributed by atoms with Gasteiger partial charge in [-0.2, -0.15) is 0 Å². The fraction of sp³-hybridized carbons (Fsp3) is 0.625. The van der Waals surface area contributed by atoms with Gasteiger partial charge in [-0.15, -0.1) is 0 Å². The van der Waals surface area contributed by atoms with Crippen molar-refractivity contribution < 1.29 is 4.39 Å². The highest BCUT2D eigenvalue weighted by Gasteiger charge is 2.36. The van der Waals surface area contributed by atoms with Crippen molar-refractivity contribution in [2.45, 2.75) is 52.1 Å². The molecule has 114 valence electrons. The maximum absolute atomic E-state index is 13.3. The van der Waals surface area contributed by atoms with Crippen LogP contribution in [0.25, 0.3) is 0 Å². The Morgan fingerprint density at radius 3 is 2.40 bits per heavy atom. The van der Waals surface area contributed by atoms with Crippen molar-refractivity contribution in [3.8, 4) is 0 Å². The van der Waals surface area contributed by atoms with E-state index in [0.717, 1.165) is 31.5 Å². The first-order valence-electron chi connectivity index (χ1n) is 7.47. The Balaban J connectivity index is 2.97. The Hall–Kier alpha value is -0.970. The fourth-order valence-electron chi connectivity index (χ4n) is 2.99. The van der Waals surface area contributed by atoms with Crippen molar-refractivity contribution in [2.24, 2.45) is 5.84 Å². The van der Waals surface area contributed by atoms with Gasteiger partial charge in [-0.05, 0) is 50.6 Å². The summed E-state index contributed by atoms with van der Waals surface area (Å²) in [5.41, 5.74) is 3.87. The van der Waals surface area contributed by atoms with Crippen molar-refractivity contribution in [2.75, 3.05) is 13.1 Å². The van der Waals surface area contributed by atoms with Crippen LogP contribution < -0.4 is 11.3 Å². The predicted molar refractivity (Wildman–Crippen MR) is 82.8 cm³/mol. The summed E-state index contributed by atoms with van der Waals surface area (Å²) in [4.78, 5) is 2.41. The molecule has 4 heteroatoms. The number of hydrogen-bond donors (Lipinski definition) is 2. The Morgan fingerprint density at radius 1 is 1.30 bits per heavy atom. The molecule has 0 heterocycles. The lowest BCUT2D eigenvalue weighted by atomic mass is 9.83. The summed E-state index contributed by atoms with van der Waals surface area (Å²) in [6.45, 7) is 10.7. The SMILES string of the molecule is CCN(CC)C(C)(CC)C(Cc1cccc(F)c1)NN. The lowest BCUT2D eigenvalue weighted by molar-refractivity contribution is 0.0701. The molecule has 0 bridgehead atoms. The summed E-state index contributed by atoms with van der Waals surface area (Å²) >= 11 is 0. The highest BCUT2D eigenvalue weighted by atomic mass is 19.1. The minimum atomic E-state index is -0.195. The smallest absolute Gasteiger partial charge is 0.123 e. The third-order valence-corrected chi connectivity index (χ3v) is 4.48. The molecular formula is C16H28FN3. The summed E-state index contributed by atoms with van der Waals surface area (Å²) in [7, 11) is 0. The van der Waals surface area contributed by atoms with Crippen LogP contribution in [0, 0.1) is 5.82 Å². The van der Waals surface area contributed by atoms with Crippen LogP contribution in [0.3, 0.4) is 0 Å². The Labute approximate surface area is 122 Å². The minimum Gasteiger partial charge on any atom is -0.297 e. The predicted octanol–water partition coefficient (Wildman–Crippen LogP) is 2.71. The second kappa shape index (κ2) is 7.72. The molecule has 0 aliphatic rings. The first-order chi connectivity index (χ1) is 9.51. The molecule has 0 saturated heterocycles. The van der Waals surface area contributed by atoms with Crippen LogP contribution in [0.15, 0.2) is 24.3 Å². The van der Waals surface area contributed by atoms with E-state index in [1.165, 1.54) is 6.07 Å². The zero-order chi connectivity index (χ0) is 15.2. The molecule has 0 spiro atoms. The number of hydrogen-bond acceptors (Lipinski definition) is 3. The molecule has 0 aliphatic heterocycles. The van der Waals surface area contributed by atoms with E-state index in [0.29, 0.717) is 0 Å². The van der Waals surface area contributed by atoms with Crippen molar-refractivity contribution in [3.05, 3.63) is 35.6 Å². The van der Waals surface area contributed by atoms with Gasteiger partial charge in [0.2, 0.25) is 0 Å². The maximum Gasteiger partial charge on any atom is 0.123 e. The van der Waals surface area contributed by atoms with Gasteiger partial charge in [0, 0.05) is 11.6 Å². The van der Waals surface area contributed by atoms with E-state index in [-0.39, 0.29) is 17.4 Å². The molecule has 20 heavy (non-hydrogen) atoms. The molecular weight excluding hydrogens is 253 g/mol. The van der Waals surface area contributed by atoms with Crippen LogP contribution in [0.4, 0.5) is 4.39 Å². The fourth-order valence-corrected chi connectivity index (χ4v) is 2.99. The van der Waals surface area contributed by atoms with E-state index in [9.17, 15) is 4.39 Å². The number of likely N-dealkylation sites (N-methyl/N-ethyl adjacent to an activating group) is 1. The molecule has 3 N–H and O–H groups in total. The first-order valence-corrected chi connectivity index (χ1v) is 7.47. The lowest BCUT2D eigenvalue weighted by Gasteiger charge is -2.45. The molecule has 0 saturated carbocycles. The highest BCUT2D eigenvalue weighted by molar-refractivity contribution is 5.19. The number of halogens is 1. The van der Waals surface area contributed by atoms with Crippen molar-refractivity contribution in [3.63, 3.8) is 0 Å². The summed E-state index contributed by atoms with van der Waals surface area (Å²) in [6.07, 6.45) is 1.70. The molecule has 1 rings (SSSR count). The molecule has 3 nitrogen and oxygen atoms in total. The van der Waals surface area contributed by atoms with E-state index in [1.807, 2.05) is 6.07 Å². The second-order valence-corrected chi connectivity index (χ2v) is 5.44. The highest BCUT2D eigenvalue weighted by Crippen LogP contribution is 2.25. The van der Waals surface area contributed by atoms with Gasteiger partial charge in [-0.25, -0.2) is 4.39 Å². The minimum absolute atomic E-state index is 0.0510. The van der Waals surface area contributed by atoms with Crippen LogP contribution >= 0.6 is 0 Å². The topological polar surface area (TPSA) is 41.3 Å². The van der Waals surface area contributed by atoms with Crippen LogP contribution in [0.1, 0.15) is 39.7 Å². The number of benzene rings is 1. The number of nitrogens with zero attached hydrogens (tertiary/aromatic N) is 1. The summed E-state index contributed by atoms with van der Waals surface area (Å²) in [6, 6.07) is 6.83. The number of nitrogens with one attached hydrogen (secondary N) is 1. The molecule has 0 aromatic heterocycles. The average molecular weight is 281 g/mol. The molecule has 1 aromatic rings. The van der Waals surface area contributed by atoms with E-state index < -0.39 is 0 Å². The van der Waals surface area contributed by atoms with Gasteiger partial charge in [0.25, 0.3) is 0 Å². The van der Waals surface area contributed by atoms with Crippen molar-refractivity contribution >= 4 is 0 Å². The zero-order valence-electron chi connectivity index (χ0n) is 13.1. The van der Waals surface area contributed by atoms with Crippen LogP contribution in [-0.2, 0) is 6.42 Å². The summed E-state index contributed by atoms with van der Waals surface area (Å²) in [5, 5.41) is 0. The quantitative estimate of drug-likeness (QED) is 0.568. The molecule has 1 aromatic carbocycles. The number of rotatable bonds is 8. The standard InChI is InChI=1S/C16H28FN3/c1-5-16(4,20(6-2)7-3)15(19-18)12-13-9-8-10-14(17)11-13/h8-11,15,19H,5-7,12,18H2,1-4H3. The zero-order valence-corrected chi connectivity index (χ0v) is 13.1. The van der Waals surface area contributed by atoms with Crippen molar-refractivity contribution in [1.29, 1.82) is 0 Å². The van der Waals surface area contributed by atoms with E-state index in [1.54, 1.807) is 12.1 Å². The normalized spacial score (nSPS) is 16.1. The Bertz CT molecular complexity index is 406. The Kier molecular flexibility index (Phi) is 6.59. The van der Waals surface area contributed by atoms with E-state index >= 15 is 0 Å². The third-order valence-electron chi connectivity index (χ3n) is 4.48. The Morgan fingerprint density at radius 2 is 1.95 bits per heavy atom. The largest absolute Gasteiger partial charge is 0.297 e. The van der Waals surface area contributed by atoms with Crippen LogP contribution in [0.5, 0.6) is 0 Å². The molecule has 0 amide bonds. The maximum atomic E-state index is 13.3. The van der Waals surface area contributed by atoms with Gasteiger partial charge < -0.3 is 0 Å². The number of hydrazine groups is 1. The summed E-state index contributed by atoms with van der Waals surface area (Å²) in [5.74, 6) is 5.60. The monoisotopic (exact) mass is 281 g/mol. The van der Waals surface area contributed by atoms with Gasteiger partial charge >= 0.3 is 0 Å². The van der Waals surface area contributed by atoms with Crippen LogP contribution in [-0.4, -0.2) is 29.6 Å². The van der Waals surface area contributed by atoms with Crippen molar-refractivity contribution in [1.82, 2.24) is 10.3 Å². The lowest BCUT2D eigenvalue weighted by Crippen LogP contribution is -2.61. The summed E-state index contributed by atoms with van der Waals surface area (Å²) < 4.78 is 13.3. The molecule has 0 radical (unpaired) electrons. The average Bonchev–Trinajstić information content (AvgIpc) is 2.45. The molecule has 2 atom stereocenters. The van der Waals surface area contributed by atoms with Gasteiger partial charge in [0.1, 0.15) is 5.82 Å². The van der Waals surface area contributed by atoms with Gasteiger partial charge in [-0.3, -0.25) is 16.2 Å². The van der Waals surface area contributed by atoms with Gasteiger partial charge in [0.15, 0.2) is 0 Å². The van der Waals surface area contributed by atoms with Gasteiger partial charge in [0.05, 0.1) is 0 Å². The van der Waals surface area contributed by atoms with E-state index in [2.05, 4.69) is 38.0 Å². The molecule has 0 fully saturated rings. The first kappa shape index (κ1) is 17.1. The number of nitrogens with two attached hydrogens (primary N) is 1. The van der Waals surface area contributed by atoms with E-state index in [4.69, 9.17) is 5.84 Å².